The molecule has 1 aliphatic carbocycles. The fourth-order valence-corrected chi connectivity index (χ4v) is 5.89. The van der Waals surface area contributed by atoms with Gasteiger partial charge >= 0.3 is 6.18 Å². The smallest absolute Gasteiger partial charge is 0.433 e. The number of nitrogens with zero attached hydrogens (tertiary/aromatic N) is 3. The van der Waals surface area contributed by atoms with Crippen LogP contribution in [0.3, 0.4) is 0 Å². The number of alkyl halides is 3. The third-order valence-electron chi connectivity index (χ3n) is 5.83. The van der Waals surface area contributed by atoms with E-state index in [-0.39, 0.29) is 45.1 Å². The number of hydrogen-bond donors (Lipinski definition) is 0. The highest BCUT2D eigenvalue weighted by molar-refractivity contribution is 7.99. The number of aromatic nitrogens is 2. The Hall–Kier alpha value is -2.03. The first-order valence-electron chi connectivity index (χ1n) is 9.87. The Morgan fingerprint density at radius 1 is 1.30 bits per heavy atom. The molecule has 1 saturated carbocycles. The second-order valence-corrected chi connectivity index (χ2v) is 10.4. The summed E-state index contributed by atoms with van der Waals surface area (Å²) in [6, 6.07) is 4.16. The summed E-state index contributed by atoms with van der Waals surface area (Å²) >= 11 is 0.935. The van der Waals surface area contributed by atoms with E-state index < -0.39 is 11.9 Å². The largest absolute Gasteiger partial charge is 0.463 e. The van der Waals surface area contributed by atoms with E-state index >= 15 is 0 Å². The summed E-state index contributed by atoms with van der Waals surface area (Å²) in [7, 11) is 0. The van der Waals surface area contributed by atoms with Crippen LogP contribution in [0, 0.1) is 10.8 Å². The summed E-state index contributed by atoms with van der Waals surface area (Å²) in [4.78, 5) is 22.6. The average Bonchev–Trinajstić information content (AvgIpc) is 3.24. The van der Waals surface area contributed by atoms with E-state index in [0.29, 0.717) is 6.54 Å². The van der Waals surface area contributed by atoms with Crippen LogP contribution in [0.2, 0.25) is 0 Å². The molecule has 162 valence electrons. The first-order valence-corrected chi connectivity index (χ1v) is 10.9. The van der Waals surface area contributed by atoms with Gasteiger partial charge in [0.25, 0.3) is 0 Å². The van der Waals surface area contributed by atoms with Gasteiger partial charge in [0.15, 0.2) is 10.9 Å². The molecule has 2 aromatic rings. The monoisotopic (exact) mass is 439 g/mol. The van der Waals surface area contributed by atoms with Crippen LogP contribution in [-0.4, -0.2) is 39.1 Å². The maximum atomic E-state index is 13.3. The van der Waals surface area contributed by atoms with Crippen molar-refractivity contribution in [3.05, 3.63) is 30.2 Å². The molecule has 1 amide bonds. The number of likely N-dealkylation sites (tertiary alicyclic amines) is 1. The van der Waals surface area contributed by atoms with Crippen LogP contribution in [0.25, 0.3) is 11.5 Å². The molecule has 2 fully saturated rings. The third kappa shape index (κ3) is 4.36. The molecule has 2 aromatic heterocycles. The van der Waals surface area contributed by atoms with Gasteiger partial charge in [0.2, 0.25) is 5.91 Å². The van der Waals surface area contributed by atoms with Gasteiger partial charge in [-0.2, -0.15) is 13.2 Å². The maximum absolute atomic E-state index is 13.3. The Labute approximate surface area is 177 Å². The molecule has 2 bridgehead atoms. The van der Waals surface area contributed by atoms with Gasteiger partial charge in [-0.3, -0.25) is 4.79 Å². The molecule has 2 aliphatic rings. The van der Waals surface area contributed by atoms with E-state index in [9.17, 15) is 18.0 Å². The standard InChI is InChI=1S/C21H24F3N3O2S/c1-19(2)8-13-9-20(3,11-19)12-27(13)17(28)10-30-18-25-14(15-5-4-6-29-15)7-16(26-18)21(22,23)24/h4-7,13H,8-12H2,1-3H3/t13-,20-/m0/s1. The molecule has 30 heavy (non-hydrogen) atoms. The van der Waals surface area contributed by atoms with Gasteiger partial charge in [-0.05, 0) is 48.3 Å². The molecule has 3 heterocycles. The molecule has 0 N–H and O–H groups in total. The molecule has 0 radical (unpaired) electrons. The lowest BCUT2D eigenvalue weighted by Crippen LogP contribution is -2.38. The van der Waals surface area contributed by atoms with Crippen LogP contribution in [0.4, 0.5) is 13.2 Å². The van der Waals surface area contributed by atoms with Crippen molar-refractivity contribution in [2.45, 2.75) is 57.4 Å². The van der Waals surface area contributed by atoms with Crippen molar-refractivity contribution in [3.63, 3.8) is 0 Å². The predicted octanol–water partition coefficient (Wildman–Crippen LogP) is 5.27. The molecular formula is C21H24F3N3O2S. The normalized spacial score (nSPS) is 25.5. The fourth-order valence-electron chi connectivity index (χ4n) is 5.15. The predicted molar refractivity (Wildman–Crippen MR) is 107 cm³/mol. The van der Waals surface area contributed by atoms with Crippen molar-refractivity contribution >= 4 is 17.7 Å². The van der Waals surface area contributed by atoms with Crippen LogP contribution in [-0.2, 0) is 11.0 Å². The summed E-state index contributed by atoms with van der Waals surface area (Å²) in [5.41, 5.74) is -0.720. The van der Waals surface area contributed by atoms with Gasteiger partial charge in [0.1, 0.15) is 11.4 Å². The minimum Gasteiger partial charge on any atom is -0.463 e. The van der Waals surface area contributed by atoms with E-state index in [1.807, 2.05) is 4.90 Å². The summed E-state index contributed by atoms with van der Waals surface area (Å²) in [6.45, 7) is 7.37. The molecule has 0 unspecified atom stereocenters. The number of carbonyl (C=O) groups excluding carboxylic acids is 1. The molecule has 2 atom stereocenters. The average molecular weight is 440 g/mol. The Morgan fingerprint density at radius 2 is 2.07 bits per heavy atom. The summed E-state index contributed by atoms with van der Waals surface area (Å²) in [5.74, 6) is 0.151. The third-order valence-corrected chi connectivity index (χ3v) is 6.66. The molecule has 0 spiro atoms. The second kappa shape index (κ2) is 7.28. The zero-order valence-corrected chi connectivity index (χ0v) is 17.9. The van der Waals surface area contributed by atoms with E-state index in [1.54, 1.807) is 6.07 Å². The Bertz CT molecular complexity index is 945. The number of carbonyl (C=O) groups is 1. The van der Waals surface area contributed by atoms with Crippen molar-refractivity contribution in [2.75, 3.05) is 12.3 Å². The highest BCUT2D eigenvalue weighted by Gasteiger charge is 2.50. The van der Waals surface area contributed by atoms with E-state index in [4.69, 9.17) is 4.42 Å². The van der Waals surface area contributed by atoms with Crippen LogP contribution in [0.15, 0.2) is 34.0 Å². The van der Waals surface area contributed by atoms with Gasteiger partial charge < -0.3 is 9.32 Å². The number of halogens is 3. The number of amides is 1. The number of thioether (sulfide) groups is 1. The molecule has 9 heteroatoms. The summed E-state index contributed by atoms with van der Waals surface area (Å²) in [6.07, 6.45) is -0.252. The minimum absolute atomic E-state index is 0.00587. The zero-order valence-electron chi connectivity index (χ0n) is 17.1. The minimum atomic E-state index is -4.62. The SMILES string of the molecule is CC1(C)C[C@H]2C[C@](C)(CN2C(=O)CSc2nc(-c3ccco3)cc(C(F)(F)F)n2)C1. The van der Waals surface area contributed by atoms with Crippen LogP contribution >= 0.6 is 11.8 Å². The molecule has 0 aromatic carbocycles. The van der Waals surface area contributed by atoms with Crippen molar-refractivity contribution in [1.29, 1.82) is 0 Å². The molecule has 1 saturated heterocycles. The molecule has 4 rings (SSSR count). The zero-order chi connectivity index (χ0) is 21.7. The van der Waals surface area contributed by atoms with E-state index in [2.05, 4.69) is 30.7 Å². The van der Waals surface area contributed by atoms with Crippen LogP contribution in [0.1, 0.15) is 45.7 Å². The molecule has 1 aliphatic heterocycles. The molecular weight excluding hydrogens is 415 g/mol. The highest BCUT2D eigenvalue weighted by atomic mass is 32.2. The van der Waals surface area contributed by atoms with Gasteiger partial charge in [-0.1, -0.05) is 32.5 Å². The number of hydrogen-bond acceptors (Lipinski definition) is 5. The Kier molecular flexibility index (Phi) is 5.15. The lowest BCUT2D eigenvalue weighted by Gasteiger charge is -2.39. The van der Waals surface area contributed by atoms with Gasteiger partial charge in [-0.15, -0.1) is 0 Å². The fraction of sp³-hybridized carbons (Fsp3) is 0.571. The lowest BCUT2D eigenvalue weighted by atomic mass is 9.65. The van der Waals surface area contributed by atoms with Crippen molar-refractivity contribution in [2.24, 2.45) is 10.8 Å². The summed E-state index contributed by atoms with van der Waals surface area (Å²) < 4.78 is 45.1. The van der Waals surface area contributed by atoms with Crippen LogP contribution in [0.5, 0.6) is 0 Å². The summed E-state index contributed by atoms with van der Waals surface area (Å²) in [5, 5.41) is -0.0849. The van der Waals surface area contributed by atoms with Gasteiger partial charge in [0, 0.05) is 12.6 Å². The Balaban J connectivity index is 1.51. The van der Waals surface area contributed by atoms with Crippen molar-refractivity contribution in [3.8, 4) is 11.5 Å². The van der Waals surface area contributed by atoms with Crippen LogP contribution < -0.4 is 0 Å². The lowest BCUT2D eigenvalue weighted by molar-refractivity contribution is -0.141. The number of furan rings is 1. The second-order valence-electron chi connectivity index (χ2n) is 9.42. The van der Waals surface area contributed by atoms with Gasteiger partial charge in [-0.25, -0.2) is 9.97 Å². The highest BCUT2D eigenvalue weighted by Crippen LogP contribution is 2.52. The van der Waals surface area contributed by atoms with E-state index in [1.165, 1.54) is 12.3 Å². The number of rotatable bonds is 4. The number of fused-ring (bicyclic) bond motifs is 2. The first kappa shape index (κ1) is 21.2. The van der Waals surface area contributed by atoms with E-state index in [0.717, 1.165) is 37.1 Å². The topological polar surface area (TPSA) is 59.2 Å². The Morgan fingerprint density at radius 3 is 2.73 bits per heavy atom. The maximum Gasteiger partial charge on any atom is 0.433 e. The quantitative estimate of drug-likeness (QED) is 0.480. The van der Waals surface area contributed by atoms with Crippen molar-refractivity contribution < 1.29 is 22.4 Å². The molecule has 5 nitrogen and oxygen atoms in total. The van der Waals surface area contributed by atoms with Crippen molar-refractivity contribution in [1.82, 2.24) is 14.9 Å². The van der Waals surface area contributed by atoms with Gasteiger partial charge in [0.05, 0.1) is 12.0 Å². The first-order chi connectivity index (χ1) is 13.9.